The Labute approximate surface area is 175 Å². The van der Waals surface area contributed by atoms with Crippen LogP contribution in [0.15, 0.2) is 51.5 Å². The molecule has 138 valence electrons. The summed E-state index contributed by atoms with van der Waals surface area (Å²) in [4.78, 5) is 27.3. The molecule has 0 radical (unpaired) electrons. The van der Waals surface area contributed by atoms with Gasteiger partial charge in [-0.05, 0) is 47.7 Å². The maximum atomic E-state index is 13.2. The Bertz CT molecular complexity index is 1120. The highest BCUT2D eigenvalue weighted by Gasteiger charge is 2.38. The third kappa shape index (κ3) is 3.33. The van der Waals surface area contributed by atoms with E-state index in [4.69, 9.17) is 23.2 Å². The van der Waals surface area contributed by atoms with Crippen molar-refractivity contribution in [3.63, 3.8) is 0 Å². The molecule has 0 N–H and O–H groups in total. The first-order chi connectivity index (χ1) is 12.9. The molecule has 3 aromatic rings. The maximum Gasteiger partial charge on any atom is 0.191 e. The molecule has 2 heterocycles. The lowest BCUT2D eigenvalue weighted by Crippen LogP contribution is -2.34. The molecule has 1 aliphatic rings. The van der Waals surface area contributed by atoms with Crippen molar-refractivity contribution < 1.29 is 4.79 Å². The van der Waals surface area contributed by atoms with E-state index < -0.39 is 0 Å². The van der Waals surface area contributed by atoms with Gasteiger partial charge in [0.05, 0.1) is 0 Å². The van der Waals surface area contributed by atoms with E-state index in [1.807, 2.05) is 37.4 Å². The van der Waals surface area contributed by atoms with Crippen LogP contribution in [-0.2, 0) is 0 Å². The molecule has 6 heteroatoms. The lowest BCUT2D eigenvalue weighted by atomic mass is 9.80. The Morgan fingerprint density at radius 1 is 1.04 bits per heavy atom. The molecule has 0 spiro atoms. The quantitative estimate of drug-likeness (QED) is 0.451. The molecule has 4 rings (SSSR count). The molecule has 2 aromatic carbocycles. The van der Waals surface area contributed by atoms with Gasteiger partial charge < -0.3 is 0 Å². The van der Waals surface area contributed by atoms with Gasteiger partial charge in [0.2, 0.25) is 0 Å². The number of Topliss-reactive ketones (excluding diaryl/α,β-unsaturated/α-hetero) is 1. The third-order valence-corrected chi connectivity index (χ3v) is 7.85. The van der Waals surface area contributed by atoms with Gasteiger partial charge in [-0.1, -0.05) is 37.0 Å². The molecule has 2 nitrogen and oxygen atoms in total. The van der Waals surface area contributed by atoms with E-state index in [9.17, 15) is 9.59 Å². The highest BCUT2D eigenvalue weighted by atomic mass is 35.5. The van der Waals surface area contributed by atoms with Crippen LogP contribution in [0, 0.1) is 5.92 Å². The number of carbonyl (C=O) groups is 1. The monoisotopic (exact) mass is 434 g/mol. The number of hydrogen-bond donors (Lipinski definition) is 0. The SMILES string of the molecule is C[C@H]1Sc2ccc(Cl)cc2C(=O)[C@@H]1[C@@H](C)c1csc2ccc(Cl)cc2c1=O. The van der Waals surface area contributed by atoms with Crippen molar-refractivity contribution in [3.05, 3.63) is 73.2 Å². The van der Waals surface area contributed by atoms with Crippen LogP contribution in [0.2, 0.25) is 10.0 Å². The summed E-state index contributed by atoms with van der Waals surface area (Å²) in [5.74, 6) is -0.418. The zero-order valence-corrected chi connectivity index (χ0v) is 17.8. The summed E-state index contributed by atoms with van der Waals surface area (Å²) < 4.78 is 0.898. The fourth-order valence-corrected chi connectivity index (χ4v) is 6.41. The van der Waals surface area contributed by atoms with Crippen LogP contribution in [0.1, 0.15) is 35.7 Å². The van der Waals surface area contributed by atoms with Gasteiger partial charge in [-0.3, -0.25) is 9.59 Å². The second-order valence-corrected chi connectivity index (χ2v) is 10.0. The first-order valence-corrected chi connectivity index (χ1v) is 11.1. The number of carbonyl (C=O) groups excluding carboxylic acids is 1. The van der Waals surface area contributed by atoms with Crippen molar-refractivity contribution >= 4 is 62.2 Å². The van der Waals surface area contributed by atoms with Crippen molar-refractivity contribution in [1.82, 2.24) is 0 Å². The smallest absolute Gasteiger partial charge is 0.191 e. The summed E-state index contributed by atoms with van der Waals surface area (Å²) >= 11 is 15.4. The Morgan fingerprint density at radius 3 is 2.52 bits per heavy atom. The van der Waals surface area contributed by atoms with Gasteiger partial charge in [-0.25, -0.2) is 0 Å². The Balaban J connectivity index is 1.80. The Morgan fingerprint density at radius 2 is 1.74 bits per heavy atom. The first-order valence-electron chi connectivity index (χ1n) is 8.58. The maximum absolute atomic E-state index is 13.2. The predicted molar refractivity (Wildman–Crippen MR) is 116 cm³/mol. The Hall–Kier alpha value is -1.33. The van der Waals surface area contributed by atoms with E-state index in [1.165, 1.54) is 11.3 Å². The predicted octanol–water partition coefficient (Wildman–Crippen LogP) is 6.67. The molecular formula is C21H16Cl2O2S2. The summed E-state index contributed by atoms with van der Waals surface area (Å²) in [6, 6.07) is 10.8. The zero-order chi connectivity index (χ0) is 19.3. The van der Waals surface area contributed by atoms with Crippen LogP contribution in [0.25, 0.3) is 10.1 Å². The fourth-order valence-electron chi connectivity index (χ4n) is 3.72. The third-order valence-electron chi connectivity index (χ3n) is 5.12. The summed E-state index contributed by atoms with van der Waals surface area (Å²) in [5.41, 5.74) is 1.29. The number of benzene rings is 2. The van der Waals surface area contributed by atoms with Gasteiger partial charge in [0.15, 0.2) is 11.2 Å². The minimum atomic E-state index is -0.280. The number of hydrogen-bond acceptors (Lipinski definition) is 4. The van der Waals surface area contributed by atoms with E-state index in [-0.39, 0.29) is 28.3 Å². The van der Waals surface area contributed by atoms with Crippen LogP contribution in [0.4, 0.5) is 0 Å². The highest BCUT2D eigenvalue weighted by Crippen LogP contribution is 2.44. The largest absolute Gasteiger partial charge is 0.294 e. The zero-order valence-electron chi connectivity index (χ0n) is 14.7. The summed E-state index contributed by atoms with van der Waals surface area (Å²) in [6.07, 6.45) is 0. The number of fused-ring (bicyclic) bond motifs is 2. The molecule has 0 saturated carbocycles. The minimum absolute atomic E-state index is 0.0411. The summed E-state index contributed by atoms with van der Waals surface area (Å²) in [6.45, 7) is 4.02. The number of thioether (sulfide) groups is 1. The summed E-state index contributed by atoms with van der Waals surface area (Å²) in [7, 11) is 0. The van der Waals surface area contributed by atoms with Crippen molar-refractivity contribution in [1.29, 1.82) is 0 Å². The van der Waals surface area contributed by atoms with Crippen molar-refractivity contribution in [3.8, 4) is 0 Å². The van der Waals surface area contributed by atoms with Gasteiger partial charge in [-0.15, -0.1) is 23.1 Å². The van der Waals surface area contributed by atoms with Gasteiger partial charge in [0, 0.05) is 47.3 Å². The van der Waals surface area contributed by atoms with Gasteiger partial charge in [-0.2, -0.15) is 0 Å². The van der Waals surface area contributed by atoms with Crippen LogP contribution in [-0.4, -0.2) is 11.0 Å². The molecule has 0 amide bonds. The molecular weight excluding hydrogens is 419 g/mol. The normalized spacial score (nSPS) is 20.5. The second-order valence-electron chi connectivity index (χ2n) is 6.80. The van der Waals surface area contributed by atoms with Crippen LogP contribution in [0.3, 0.4) is 0 Å². The number of halogens is 2. The molecule has 1 aromatic heterocycles. The number of rotatable bonds is 2. The first kappa shape index (κ1) is 19.0. The van der Waals surface area contributed by atoms with Gasteiger partial charge in [0.25, 0.3) is 0 Å². The van der Waals surface area contributed by atoms with Crippen LogP contribution < -0.4 is 5.43 Å². The molecule has 27 heavy (non-hydrogen) atoms. The average molecular weight is 435 g/mol. The van der Waals surface area contributed by atoms with E-state index >= 15 is 0 Å². The van der Waals surface area contributed by atoms with E-state index in [0.717, 1.165) is 9.60 Å². The highest BCUT2D eigenvalue weighted by molar-refractivity contribution is 8.00. The molecule has 0 aliphatic carbocycles. The number of ketones is 1. The molecule has 0 fully saturated rings. The summed E-state index contributed by atoms with van der Waals surface area (Å²) in [5, 5.41) is 3.67. The lowest BCUT2D eigenvalue weighted by molar-refractivity contribution is 0.0897. The second kappa shape index (κ2) is 7.25. The van der Waals surface area contributed by atoms with Crippen molar-refractivity contribution in [2.75, 3.05) is 0 Å². The molecule has 0 bridgehead atoms. The lowest BCUT2D eigenvalue weighted by Gasteiger charge is -2.33. The molecule has 0 saturated heterocycles. The van der Waals surface area contributed by atoms with E-state index in [1.54, 1.807) is 30.0 Å². The Kier molecular flexibility index (Phi) is 5.10. The standard InChI is InChI=1S/C21H16Cl2O2S2/c1-10(16-9-26-17-5-3-12(22)7-14(17)20(16)24)19-11(2)27-18-6-4-13(23)8-15(18)21(19)25/h3-11,19H,1-2H3/t10-,11+,19+/m0/s1. The van der Waals surface area contributed by atoms with Crippen LogP contribution in [0.5, 0.6) is 0 Å². The average Bonchev–Trinajstić information content (AvgIpc) is 2.63. The fraction of sp³-hybridized carbons (Fsp3) is 0.238. The molecule has 3 atom stereocenters. The van der Waals surface area contributed by atoms with E-state index in [0.29, 0.717) is 26.6 Å². The molecule has 1 aliphatic heterocycles. The topological polar surface area (TPSA) is 34.1 Å². The van der Waals surface area contributed by atoms with Crippen molar-refractivity contribution in [2.45, 2.75) is 29.9 Å². The van der Waals surface area contributed by atoms with Crippen molar-refractivity contribution in [2.24, 2.45) is 5.92 Å². The molecule has 0 unspecified atom stereocenters. The van der Waals surface area contributed by atoms with E-state index in [2.05, 4.69) is 0 Å². The van der Waals surface area contributed by atoms with Crippen LogP contribution >= 0.6 is 46.3 Å². The van der Waals surface area contributed by atoms with Gasteiger partial charge >= 0.3 is 0 Å². The minimum Gasteiger partial charge on any atom is -0.294 e. The van der Waals surface area contributed by atoms with Gasteiger partial charge in [0.1, 0.15) is 0 Å².